The Kier molecular flexibility index (Phi) is 5.34. The molecule has 1 atom stereocenters. The Bertz CT molecular complexity index is 547. The number of carbonyl (C=O) groups is 1. The van der Waals surface area contributed by atoms with Crippen molar-refractivity contribution in [3.8, 4) is 5.75 Å². The SMILES string of the molecule is CCOc1c(Cl)cc(NC(=O)NCCC2CC2(F)F)cc1Cl. The summed E-state index contributed by atoms with van der Waals surface area (Å²) in [6, 6.07) is 2.51. The minimum atomic E-state index is -2.56. The molecule has 1 unspecified atom stereocenters. The molecule has 1 saturated carbocycles. The quantitative estimate of drug-likeness (QED) is 0.788. The number of anilines is 1. The number of benzene rings is 1. The van der Waals surface area contributed by atoms with Gasteiger partial charge in [0.15, 0.2) is 5.75 Å². The van der Waals surface area contributed by atoms with Crippen LogP contribution in [0.3, 0.4) is 0 Å². The molecule has 1 aromatic rings. The first kappa shape index (κ1) is 17.1. The highest BCUT2D eigenvalue weighted by Crippen LogP contribution is 2.50. The van der Waals surface area contributed by atoms with Gasteiger partial charge in [0, 0.05) is 24.6 Å². The molecule has 0 heterocycles. The van der Waals surface area contributed by atoms with Crippen molar-refractivity contribution in [2.24, 2.45) is 5.92 Å². The minimum Gasteiger partial charge on any atom is -0.491 e. The predicted octanol–water partition coefficient (Wildman–Crippen LogP) is 4.56. The van der Waals surface area contributed by atoms with Gasteiger partial charge >= 0.3 is 6.03 Å². The van der Waals surface area contributed by atoms with Crippen LogP contribution in [0.1, 0.15) is 19.8 Å². The molecule has 0 radical (unpaired) electrons. The first-order valence-corrected chi connectivity index (χ1v) is 7.63. The number of alkyl halides is 2. The summed E-state index contributed by atoms with van der Waals surface area (Å²) in [5.74, 6) is -2.83. The van der Waals surface area contributed by atoms with Crippen molar-refractivity contribution in [1.82, 2.24) is 5.32 Å². The third kappa shape index (κ3) is 4.36. The summed E-state index contributed by atoms with van der Waals surface area (Å²) in [4.78, 5) is 11.7. The lowest BCUT2D eigenvalue weighted by atomic mass is 10.3. The zero-order valence-corrected chi connectivity index (χ0v) is 13.4. The molecule has 0 aromatic heterocycles. The number of urea groups is 1. The Morgan fingerprint density at radius 2 is 2.00 bits per heavy atom. The van der Waals surface area contributed by atoms with Gasteiger partial charge < -0.3 is 15.4 Å². The van der Waals surface area contributed by atoms with Crippen LogP contribution in [0.5, 0.6) is 5.75 Å². The van der Waals surface area contributed by atoms with E-state index in [9.17, 15) is 13.6 Å². The highest BCUT2D eigenvalue weighted by atomic mass is 35.5. The number of nitrogens with one attached hydrogen (secondary N) is 2. The number of rotatable bonds is 6. The van der Waals surface area contributed by atoms with Crippen molar-refractivity contribution in [3.05, 3.63) is 22.2 Å². The van der Waals surface area contributed by atoms with Crippen LogP contribution in [0.15, 0.2) is 12.1 Å². The van der Waals surface area contributed by atoms with E-state index in [2.05, 4.69) is 10.6 Å². The van der Waals surface area contributed by atoms with Crippen LogP contribution in [0, 0.1) is 5.92 Å². The zero-order valence-electron chi connectivity index (χ0n) is 11.9. The molecule has 1 aromatic carbocycles. The molecule has 2 rings (SSSR count). The van der Waals surface area contributed by atoms with Gasteiger partial charge in [0.2, 0.25) is 0 Å². The van der Waals surface area contributed by atoms with Gasteiger partial charge in [-0.3, -0.25) is 0 Å². The molecular formula is C14H16Cl2F2N2O2. The number of hydrogen-bond acceptors (Lipinski definition) is 2. The number of halogens is 4. The monoisotopic (exact) mass is 352 g/mol. The fourth-order valence-electron chi connectivity index (χ4n) is 2.03. The van der Waals surface area contributed by atoms with Crippen LogP contribution in [0.2, 0.25) is 10.0 Å². The van der Waals surface area contributed by atoms with Crippen LogP contribution in [-0.2, 0) is 0 Å². The molecule has 122 valence electrons. The Hall–Kier alpha value is -1.27. The van der Waals surface area contributed by atoms with Crippen LogP contribution in [0.4, 0.5) is 19.3 Å². The number of carbonyl (C=O) groups excluding carboxylic acids is 1. The lowest BCUT2D eigenvalue weighted by molar-refractivity contribution is 0.0971. The second kappa shape index (κ2) is 6.87. The summed E-state index contributed by atoms with van der Waals surface area (Å²) in [5.41, 5.74) is 0.396. The molecule has 2 amide bonds. The first-order chi connectivity index (χ1) is 10.3. The van der Waals surface area contributed by atoms with Gasteiger partial charge in [0.05, 0.1) is 16.7 Å². The van der Waals surface area contributed by atoms with E-state index in [1.54, 1.807) is 6.92 Å². The number of amides is 2. The second-order valence-corrected chi connectivity index (χ2v) is 5.85. The second-order valence-electron chi connectivity index (χ2n) is 5.03. The standard InChI is InChI=1S/C14H16Cl2F2N2O2/c1-2-22-12-10(15)5-9(6-11(12)16)20-13(21)19-4-3-8-7-14(8,17)18/h5-6,8H,2-4,7H2,1H3,(H2,19,20,21). The molecule has 4 nitrogen and oxygen atoms in total. The number of ether oxygens (including phenoxy) is 1. The summed E-state index contributed by atoms with van der Waals surface area (Å²) in [6.07, 6.45) is 0.158. The van der Waals surface area contributed by atoms with Crippen molar-refractivity contribution in [2.45, 2.75) is 25.7 Å². The van der Waals surface area contributed by atoms with Crippen molar-refractivity contribution in [2.75, 3.05) is 18.5 Å². The average molecular weight is 353 g/mol. The van der Waals surface area contributed by atoms with Gasteiger partial charge in [-0.25, -0.2) is 13.6 Å². The Balaban J connectivity index is 1.83. The van der Waals surface area contributed by atoms with Crippen molar-refractivity contribution < 1.29 is 18.3 Å². The van der Waals surface area contributed by atoms with Crippen molar-refractivity contribution in [1.29, 1.82) is 0 Å². The summed E-state index contributed by atoms with van der Waals surface area (Å²) in [7, 11) is 0. The molecule has 1 fully saturated rings. The van der Waals surface area contributed by atoms with Crippen molar-refractivity contribution >= 4 is 34.9 Å². The maximum atomic E-state index is 12.7. The molecular weight excluding hydrogens is 337 g/mol. The van der Waals surface area contributed by atoms with Crippen LogP contribution in [-0.4, -0.2) is 25.1 Å². The van der Waals surface area contributed by atoms with E-state index in [4.69, 9.17) is 27.9 Å². The summed E-state index contributed by atoms with van der Waals surface area (Å²) >= 11 is 12.0. The Morgan fingerprint density at radius 1 is 1.41 bits per heavy atom. The smallest absolute Gasteiger partial charge is 0.319 e. The largest absolute Gasteiger partial charge is 0.491 e. The lowest BCUT2D eigenvalue weighted by Gasteiger charge is -2.12. The normalized spacial score (nSPS) is 18.7. The zero-order chi connectivity index (χ0) is 16.3. The molecule has 2 N–H and O–H groups in total. The summed E-state index contributed by atoms with van der Waals surface area (Å²) in [5, 5.41) is 5.62. The van der Waals surface area contributed by atoms with Crippen LogP contribution < -0.4 is 15.4 Å². The fraction of sp³-hybridized carbons (Fsp3) is 0.500. The van der Waals surface area contributed by atoms with Crippen molar-refractivity contribution in [3.63, 3.8) is 0 Å². The number of hydrogen-bond donors (Lipinski definition) is 2. The van der Waals surface area contributed by atoms with E-state index in [0.29, 0.717) is 18.0 Å². The van der Waals surface area contributed by atoms with Gasteiger partial charge in [-0.05, 0) is 25.5 Å². The average Bonchev–Trinajstić information content (AvgIpc) is 3.01. The topological polar surface area (TPSA) is 50.4 Å². The molecule has 0 spiro atoms. The Morgan fingerprint density at radius 3 is 2.50 bits per heavy atom. The van der Waals surface area contributed by atoms with Crippen LogP contribution >= 0.6 is 23.2 Å². The maximum Gasteiger partial charge on any atom is 0.319 e. The molecule has 0 saturated heterocycles. The van der Waals surface area contributed by atoms with Gasteiger partial charge in [-0.2, -0.15) is 0 Å². The van der Waals surface area contributed by atoms with E-state index in [1.807, 2.05) is 0 Å². The summed E-state index contributed by atoms with van der Waals surface area (Å²) in [6.45, 7) is 2.40. The van der Waals surface area contributed by atoms with E-state index in [-0.39, 0.29) is 29.4 Å². The van der Waals surface area contributed by atoms with Gasteiger partial charge in [0.1, 0.15) is 0 Å². The van der Waals surface area contributed by atoms with E-state index >= 15 is 0 Å². The molecule has 8 heteroatoms. The fourth-order valence-corrected chi connectivity index (χ4v) is 2.63. The Labute approximate surface area is 137 Å². The highest BCUT2D eigenvalue weighted by Gasteiger charge is 2.55. The lowest BCUT2D eigenvalue weighted by Crippen LogP contribution is -2.30. The third-order valence-electron chi connectivity index (χ3n) is 3.28. The first-order valence-electron chi connectivity index (χ1n) is 6.88. The van der Waals surface area contributed by atoms with Gasteiger partial charge in [0.25, 0.3) is 5.92 Å². The van der Waals surface area contributed by atoms with E-state index in [0.717, 1.165) is 0 Å². The molecule has 0 bridgehead atoms. The molecule has 1 aliphatic carbocycles. The third-order valence-corrected chi connectivity index (χ3v) is 3.84. The molecule has 22 heavy (non-hydrogen) atoms. The van der Waals surface area contributed by atoms with Gasteiger partial charge in [-0.15, -0.1) is 0 Å². The van der Waals surface area contributed by atoms with E-state index in [1.165, 1.54) is 12.1 Å². The van der Waals surface area contributed by atoms with Gasteiger partial charge in [-0.1, -0.05) is 23.2 Å². The highest BCUT2D eigenvalue weighted by molar-refractivity contribution is 6.37. The summed E-state index contributed by atoms with van der Waals surface area (Å²) < 4.78 is 30.7. The molecule has 0 aliphatic heterocycles. The predicted molar refractivity (Wildman–Crippen MR) is 82.3 cm³/mol. The molecule has 1 aliphatic rings. The minimum absolute atomic E-state index is 0.0968. The van der Waals surface area contributed by atoms with E-state index < -0.39 is 17.9 Å². The maximum absolute atomic E-state index is 12.7. The van der Waals surface area contributed by atoms with Crippen LogP contribution in [0.25, 0.3) is 0 Å².